The van der Waals surface area contributed by atoms with Crippen LogP contribution in [0.2, 0.25) is 0 Å². The molecule has 0 aliphatic heterocycles. The maximum Gasteiger partial charge on any atom is 0.297 e. The van der Waals surface area contributed by atoms with Crippen molar-refractivity contribution in [3.05, 3.63) is 12.3 Å². The van der Waals surface area contributed by atoms with Crippen molar-refractivity contribution in [2.45, 2.75) is 13.8 Å². The molecule has 0 aliphatic carbocycles. The van der Waals surface area contributed by atoms with E-state index in [1.807, 2.05) is 13.8 Å². The van der Waals surface area contributed by atoms with Crippen molar-refractivity contribution in [3.8, 4) is 0 Å². The van der Waals surface area contributed by atoms with Crippen molar-refractivity contribution in [2.75, 3.05) is 0 Å². The Morgan fingerprint density at radius 1 is 1.50 bits per heavy atom. The highest BCUT2D eigenvalue weighted by Gasteiger charge is 1.80. The Morgan fingerprint density at radius 3 is 2.50 bits per heavy atom. The van der Waals surface area contributed by atoms with Crippen molar-refractivity contribution in [1.82, 2.24) is 0 Å². The van der Waals surface area contributed by atoms with Crippen LogP contribution in [0, 0.1) is 5.92 Å². The van der Waals surface area contributed by atoms with Gasteiger partial charge >= 0.3 is 0 Å². The van der Waals surface area contributed by atoms with Crippen molar-refractivity contribution in [1.29, 1.82) is 0 Å². The summed E-state index contributed by atoms with van der Waals surface area (Å²) in [5.41, 5.74) is 0. The molecule has 2 heteroatoms. The summed E-state index contributed by atoms with van der Waals surface area (Å²) >= 11 is 0. The Hall–Kier alpha value is -0.790. The zero-order valence-corrected chi connectivity index (χ0v) is 5.13. The molecule has 0 saturated heterocycles. The molecule has 0 N–H and O–H groups in total. The molecule has 46 valence electrons. The molecule has 0 aromatic heterocycles. The average Bonchev–Trinajstić information content (AvgIpc) is 1.66. The van der Waals surface area contributed by atoms with Gasteiger partial charge in [-0.2, -0.15) is 0 Å². The molecule has 0 spiro atoms. The first-order valence-corrected chi connectivity index (χ1v) is 2.53. The monoisotopic (exact) mass is 114 g/mol. The van der Waals surface area contributed by atoms with E-state index in [0.29, 0.717) is 12.4 Å². The third kappa shape index (κ3) is 5.21. The van der Waals surface area contributed by atoms with E-state index in [1.54, 1.807) is 6.08 Å². The Bertz CT molecular complexity index is 84.5. The second-order valence-corrected chi connectivity index (χ2v) is 1.80. The van der Waals surface area contributed by atoms with Crippen LogP contribution in [0.1, 0.15) is 13.8 Å². The maximum absolute atomic E-state index is 9.51. The van der Waals surface area contributed by atoms with Gasteiger partial charge in [-0.25, -0.2) is 0 Å². The van der Waals surface area contributed by atoms with Crippen LogP contribution in [0.25, 0.3) is 0 Å². The van der Waals surface area contributed by atoms with Gasteiger partial charge in [0, 0.05) is 0 Å². The lowest BCUT2D eigenvalue weighted by atomic mass is 10.2. The standard InChI is InChI=1S/C6H10O2/c1-6(2)3-4-8-5-7/h3-6H,1-2H3. The van der Waals surface area contributed by atoms with Crippen LogP contribution in [-0.4, -0.2) is 6.47 Å². The lowest BCUT2D eigenvalue weighted by Crippen LogP contribution is -1.79. The zero-order valence-electron chi connectivity index (χ0n) is 5.13. The van der Waals surface area contributed by atoms with Crippen LogP contribution < -0.4 is 0 Å². The molecular weight excluding hydrogens is 104 g/mol. The van der Waals surface area contributed by atoms with Gasteiger partial charge < -0.3 is 4.74 Å². The minimum atomic E-state index is 0.402. The first-order valence-electron chi connectivity index (χ1n) is 2.53. The van der Waals surface area contributed by atoms with E-state index in [-0.39, 0.29) is 0 Å². The fourth-order valence-electron chi connectivity index (χ4n) is 0.235. The number of carbonyl (C=O) groups is 1. The summed E-state index contributed by atoms with van der Waals surface area (Å²) in [5.74, 6) is 0.440. The third-order valence-corrected chi connectivity index (χ3v) is 0.598. The van der Waals surface area contributed by atoms with E-state index < -0.39 is 0 Å². The second-order valence-electron chi connectivity index (χ2n) is 1.80. The lowest BCUT2D eigenvalue weighted by molar-refractivity contribution is -0.123. The Labute approximate surface area is 49.1 Å². The zero-order chi connectivity index (χ0) is 6.41. The normalized spacial score (nSPS) is 10.4. The third-order valence-electron chi connectivity index (χ3n) is 0.598. The summed E-state index contributed by atoms with van der Waals surface area (Å²) in [6.07, 6.45) is 3.19. The van der Waals surface area contributed by atoms with Crippen LogP contribution >= 0.6 is 0 Å². The molecule has 0 aromatic carbocycles. The van der Waals surface area contributed by atoms with Gasteiger partial charge in [-0.3, -0.25) is 4.79 Å². The van der Waals surface area contributed by atoms with Crippen LogP contribution in [0.3, 0.4) is 0 Å². The highest BCUT2D eigenvalue weighted by molar-refractivity contribution is 5.38. The minimum Gasteiger partial charge on any atom is -0.437 e. The Morgan fingerprint density at radius 2 is 2.12 bits per heavy atom. The number of carbonyl (C=O) groups excluding carboxylic acids is 1. The fourth-order valence-corrected chi connectivity index (χ4v) is 0.235. The van der Waals surface area contributed by atoms with E-state index in [0.717, 1.165) is 0 Å². The lowest BCUT2D eigenvalue weighted by Gasteiger charge is -1.89. The average molecular weight is 114 g/mol. The van der Waals surface area contributed by atoms with Gasteiger partial charge in [0.05, 0.1) is 6.26 Å². The van der Waals surface area contributed by atoms with Crippen molar-refractivity contribution < 1.29 is 9.53 Å². The second kappa shape index (κ2) is 4.37. The Balaban J connectivity index is 3.19. The molecule has 0 rings (SSSR count). The first kappa shape index (κ1) is 7.21. The summed E-state index contributed by atoms with van der Waals surface area (Å²) in [6, 6.07) is 0. The van der Waals surface area contributed by atoms with Crippen molar-refractivity contribution >= 4 is 6.47 Å². The van der Waals surface area contributed by atoms with Crippen LogP contribution in [-0.2, 0) is 9.53 Å². The maximum atomic E-state index is 9.51. The largest absolute Gasteiger partial charge is 0.437 e. The predicted molar refractivity (Wildman–Crippen MR) is 31.1 cm³/mol. The molecule has 0 unspecified atom stereocenters. The van der Waals surface area contributed by atoms with E-state index in [4.69, 9.17) is 0 Å². The van der Waals surface area contributed by atoms with Gasteiger partial charge in [0.1, 0.15) is 0 Å². The molecule has 0 aliphatic rings. The molecule has 0 atom stereocenters. The highest BCUT2D eigenvalue weighted by atomic mass is 16.5. The van der Waals surface area contributed by atoms with Crippen LogP contribution in [0.5, 0.6) is 0 Å². The van der Waals surface area contributed by atoms with Gasteiger partial charge in [-0.05, 0) is 12.0 Å². The Kier molecular flexibility index (Phi) is 3.94. The molecule has 0 aromatic rings. The predicted octanol–water partition coefficient (Wildman–Crippen LogP) is 1.33. The number of hydrogen-bond acceptors (Lipinski definition) is 2. The molecule has 0 radical (unpaired) electrons. The van der Waals surface area contributed by atoms with Crippen molar-refractivity contribution in [2.24, 2.45) is 5.92 Å². The van der Waals surface area contributed by atoms with Crippen molar-refractivity contribution in [3.63, 3.8) is 0 Å². The molecular formula is C6H10O2. The van der Waals surface area contributed by atoms with Crippen LogP contribution in [0.4, 0.5) is 0 Å². The fraction of sp³-hybridized carbons (Fsp3) is 0.500. The quantitative estimate of drug-likeness (QED) is 0.408. The summed E-state index contributed by atoms with van der Waals surface area (Å²) < 4.78 is 4.28. The van der Waals surface area contributed by atoms with E-state index in [1.165, 1.54) is 6.26 Å². The van der Waals surface area contributed by atoms with E-state index in [9.17, 15) is 4.79 Å². The summed E-state index contributed by atoms with van der Waals surface area (Å²) in [5, 5.41) is 0. The molecule has 2 nitrogen and oxygen atoms in total. The first-order chi connectivity index (χ1) is 3.77. The topological polar surface area (TPSA) is 26.3 Å². The van der Waals surface area contributed by atoms with Gasteiger partial charge in [0.15, 0.2) is 0 Å². The van der Waals surface area contributed by atoms with Gasteiger partial charge in [-0.15, -0.1) is 0 Å². The molecule has 0 amide bonds. The number of rotatable bonds is 3. The summed E-state index contributed by atoms with van der Waals surface area (Å²) in [6.45, 7) is 4.41. The van der Waals surface area contributed by atoms with E-state index >= 15 is 0 Å². The van der Waals surface area contributed by atoms with Gasteiger partial charge in [0.2, 0.25) is 0 Å². The number of ether oxygens (including phenoxy) is 1. The van der Waals surface area contributed by atoms with E-state index in [2.05, 4.69) is 4.74 Å². The molecule has 0 fully saturated rings. The number of allylic oxidation sites excluding steroid dienone is 1. The molecule has 0 bridgehead atoms. The smallest absolute Gasteiger partial charge is 0.297 e. The summed E-state index contributed by atoms with van der Waals surface area (Å²) in [4.78, 5) is 9.51. The van der Waals surface area contributed by atoms with Gasteiger partial charge in [-0.1, -0.05) is 13.8 Å². The molecule has 8 heavy (non-hydrogen) atoms. The summed E-state index contributed by atoms with van der Waals surface area (Å²) in [7, 11) is 0. The molecule has 0 saturated carbocycles. The van der Waals surface area contributed by atoms with Crippen LogP contribution in [0.15, 0.2) is 12.3 Å². The minimum absolute atomic E-state index is 0.402. The van der Waals surface area contributed by atoms with Gasteiger partial charge in [0.25, 0.3) is 6.47 Å². The SMILES string of the molecule is CC(C)C=COC=O. The molecule has 0 heterocycles. The highest BCUT2D eigenvalue weighted by Crippen LogP contribution is 1.91. The number of hydrogen-bond donors (Lipinski definition) is 0.